The Morgan fingerprint density at radius 1 is 1.38 bits per heavy atom. The van der Waals surface area contributed by atoms with Gasteiger partial charge in [-0.15, -0.1) is 0 Å². The summed E-state index contributed by atoms with van der Waals surface area (Å²) in [7, 11) is 0. The zero-order valence-electron chi connectivity index (χ0n) is 12.9. The summed E-state index contributed by atoms with van der Waals surface area (Å²) in [5.41, 5.74) is 1.74. The van der Waals surface area contributed by atoms with Crippen molar-refractivity contribution in [3.05, 3.63) is 52.4 Å². The Labute approximate surface area is 149 Å². The normalized spacial score (nSPS) is 12.3. The van der Waals surface area contributed by atoms with Gasteiger partial charge in [0.25, 0.3) is 0 Å². The highest BCUT2D eigenvalue weighted by molar-refractivity contribution is 6.42. The average molecular weight is 367 g/mol. The Balaban J connectivity index is 1.59. The number of aliphatic hydroxyl groups is 1. The van der Waals surface area contributed by atoms with Gasteiger partial charge < -0.3 is 15.2 Å². The number of aromatic nitrogens is 3. The van der Waals surface area contributed by atoms with Gasteiger partial charge in [0.15, 0.2) is 5.82 Å². The number of aryl methyl sites for hydroxylation is 1. The molecular weight excluding hydrogens is 351 g/mol. The number of hydrogen-bond donors (Lipinski definition) is 2. The van der Waals surface area contributed by atoms with Crippen LogP contribution in [0, 0.1) is 6.92 Å². The van der Waals surface area contributed by atoms with Gasteiger partial charge in [-0.05, 0) is 25.1 Å². The molecule has 1 aromatic carbocycles. The zero-order valence-corrected chi connectivity index (χ0v) is 14.4. The lowest BCUT2D eigenvalue weighted by molar-refractivity contribution is 0.117. The SMILES string of the molecule is Cc1cc2c(NCC(O)COc3cccc(Cl)c3Cl)nccn2n1. The van der Waals surface area contributed by atoms with Gasteiger partial charge in [-0.2, -0.15) is 5.10 Å². The van der Waals surface area contributed by atoms with Gasteiger partial charge in [-0.1, -0.05) is 29.3 Å². The highest BCUT2D eigenvalue weighted by atomic mass is 35.5. The number of ether oxygens (including phenoxy) is 1. The third-order valence-electron chi connectivity index (χ3n) is 3.36. The van der Waals surface area contributed by atoms with Gasteiger partial charge in [0.05, 0.1) is 10.7 Å². The van der Waals surface area contributed by atoms with Gasteiger partial charge in [0, 0.05) is 18.9 Å². The van der Waals surface area contributed by atoms with Crippen molar-refractivity contribution in [2.75, 3.05) is 18.5 Å². The van der Waals surface area contributed by atoms with Gasteiger partial charge in [0.1, 0.15) is 29.0 Å². The molecule has 2 N–H and O–H groups in total. The molecule has 0 radical (unpaired) electrons. The number of nitrogens with one attached hydrogen (secondary N) is 1. The Hall–Kier alpha value is -2.02. The van der Waals surface area contributed by atoms with Crippen molar-refractivity contribution in [3.8, 4) is 5.75 Å². The third kappa shape index (κ3) is 3.72. The lowest BCUT2D eigenvalue weighted by atomic mass is 10.3. The van der Waals surface area contributed by atoms with Crippen LogP contribution in [-0.2, 0) is 0 Å². The summed E-state index contributed by atoms with van der Waals surface area (Å²) < 4.78 is 7.25. The van der Waals surface area contributed by atoms with E-state index in [9.17, 15) is 5.11 Å². The van der Waals surface area contributed by atoms with Gasteiger partial charge >= 0.3 is 0 Å². The molecule has 126 valence electrons. The number of rotatable bonds is 6. The van der Waals surface area contributed by atoms with Gasteiger partial charge in [0.2, 0.25) is 0 Å². The topological polar surface area (TPSA) is 71.7 Å². The van der Waals surface area contributed by atoms with E-state index < -0.39 is 6.10 Å². The van der Waals surface area contributed by atoms with E-state index in [-0.39, 0.29) is 13.2 Å². The van der Waals surface area contributed by atoms with E-state index >= 15 is 0 Å². The standard InChI is InChI=1S/C16H16Cl2N4O2/c1-10-7-13-16(19-5-6-22(13)21-10)20-8-11(23)9-24-14-4-2-3-12(17)15(14)18/h2-7,11,23H,8-9H2,1H3,(H,19,20). The van der Waals surface area contributed by atoms with Crippen molar-refractivity contribution in [2.24, 2.45) is 0 Å². The molecule has 6 nitrogen and oxygen atoms in total. The summed E-state index contributed by atoms with van der Waals surface area (Å²) in [6.45, 7) is 2.26. The van der Waals surface area contributed by atoms with Crippen LogP contribution in [0.15, 0.2) is 36.7 Å². The Bertz CT molecular complexity index is 853. The number of nitrogens with zero attached hydrogens (tertiary/aromatic N) is 3. The van der Waals surface area contributed by atoms with Crippen molar-refractivity contribution in [1.29, 1.82) is 0 Å². The Morgan fingerprint density at radius 2 is 2.21 bits per heavy atom. The molecular formula is C16H16Cl2N4O2. The van der Waals surface area contributed by atoms with Crippen LogP contribution in [-0.4, -0.2) is 39.0 Å². The van der Waals surface area contributed by atoms with Crippen LogP contribution >= 0.6 is 23.2 Å². The molecule has 0 spiro atoms. The zero-order chi connectivity index (χ0) is 17.1. The molecule has 3 rings (SSSR count). The summed E-state index contributed by atoms with van der Waals surface area (Å²) in [6.07, 6.45) is 2.68. The molecule has 0 aliphatic rings. The van der Waals surface area contributed by atoms with E-state index in [1.807, 2.05) is 13.0 Å². The number of anilines is 1. The predicted octanol–water partition coefficient (Wildman–Crippen LogP) is 3.20. The van der Waals surface area contributed by atoms with E-state index in [0.29, 0.717) is 21.6 Å². The maximum atomic E-state index is 10.1. The molecule has 0 amide bonds. The summed E-state index contributed by atoms with van der Waals surface area (Å²) >= 11 is 12.0. The smallest absolute Gasteiger partial charge is 0.152 e. The first kappa shape index (κ1) is 16.8. The Morgan fingerprint density at radius 3 is 3.04 bits per heavy atom. The predicted molar refractivity (Wildman–Crippen MR) is 94.2 cm³/mol. The second-order valence-electron chi connectivity index (χ2n) is 5.29. The molecule has 0 bridgehead atoms. The van der Waals surface area contributed by atoms with Crippen LogP contribution in [0.25, 0.3) is 5.52 Å². The molecule has 0 aliphatic heterocycles. The number of fused-ring (bicyclic) bond motifs is 1. The van der Waals surface area contributed by atoms with Crippen molar-refractivity contribution >= 4 is 34.5 Å². The summed E-state index contributed by atoms with van der Waals surface area (Å²) in [5, 5.41) is 18.3. The van der Waals surface area contributed by atoms with Crippen LogP contribution in [0.3, 0.4) is 0 Å². The van der Waals surface area contributed by atoms with Crippen LogP contribution in [0.4, 0.5) is 5.82 Å². The molecule has 0 aliphatic carbocycles. The molecule has 0 fully saturated rings. The minimum Gasteiger partial charge on any atom is -0.489 e. The first-order valence-electron chi connectivity index (χ1n) is 7.34. The third-order valence-corrected chi connectivity index (χ3v) is 4.17. The van der Waals surface area contributed by atoms with E-state index in [0.717, 1.165) is 11.2 Å². The first-order valence-corrected chi connectivity index (χ1v) is 8.10. The second-order valence-corrected chi connectivity index (χ2v) is 6.07. The first-order chi connectivity index (χ1) is 11.5. The maximum absolute atomic E-state index is 10.1. The Kier molecular flexibility index (Phi) is 5.08. The number of halogens is 2. The minimum absolute atomic E-state index is 0.0778. The van der Waals surface area contributed by atoms with E-state index in [4.69, 9.17) is 27.9 Å². The fraction of sp³-hybridized carbons (Fsp3) is 0.250. The fourth-order valence-electron chi connectivity index (χ4n) is 2.24. The van der Waals surface area contributed by atoms with Crippen molar-refractivity contribution in [1.82, 2.24) is 14.6 Å². The molecule has 2 heterocycles. The molecule has 24 heavy (non-hydrogen) atoms. The molecule has 8 heteroatoms. The van der Waals surface area contributed by atoms with E-state index in [2.05, 4.69) is 15.4 Å². The van der Waals surface area contributed by atoms with Crippen LogP contribution in [0.1, 0.15) is 5.69 Å². The lowest BCUT2D eigenvalue weighted by Gasteiger charge is -2.15. The second kappa shape index (κ2) is 7.25. The number of hydrogen-bond acceptors (Lipinski definition) is 5. The highest BCUT2D eigenvalue weighted by Crippen LogP contribution is 2.31. The van der Waals surface area contributed by atoms with Crippen molar-refractivity contribution < 1.29 is 9.84 Å². The largest absolute Gasteiger partial charge is 0.489 e. The van der Waals surface area contributed by atoms with Gasteiger partial charge in [-0.25, -0.2) is 9.50 Å². The molecule has 0 saturated carbocycles. The monoisotopic (exact) mass is 366 g/mol. The summed E-state index contributed by atoms with van der Waals surface area (Å²) in [6, 6.07) is 7.03. The molecule has 1 atom stereocenters. The number of benzene rings is 1. The quantitative estimate of drug-likeness (QED) is 0.700. The summed E-state index contributed by atoms with van der Waals surface area (Å²) in [5.74, 6) is 1.09. The highest BCUT2D eigenvalue weighted by Gasteiger charge is 2.11. The lowest BCUT2D eigenvalue weighted by Crippen LogP contribution is -2.26. The fourth-order valence-corrected chi connectivity index (χ4v) is 2.58. The minimum atomic E-state index is -0.744. The molecule has 1 unspecified atom stereocenters. The van der Waals surface area contributed by atoms with E-state index in [1.165, 1.54) is 0 Å². The van der Waals surface area contributed by atoms with Crippen molar-refractivity contribution in [2.45, 2.75) is 13.0 Å². The summed E-state index contributed by atoms with van der Waals surface area (Å²) in [4.78, 5) is 4.27. The molecule has 2 aromatic heterocycles. The maximum Gasteiger partial charge on any atom is 0.152 e. The van der Waals surface area contributed by atoms with E-state index in [1.54, 1.807) is 35.1 Å². The van der Waals surface area contributed by atoms with Crippen LogP contribution < -0.4 is 10.1 Å². The molecule has 0 saturated heterocycles. The van der Waals surface area contributed by atoms with Gasteiger partial charge in [-0.3, -0.25) is 0 Å². The van der Waals surface area contributed by atoms with Crippen LogP contribution in [0.2, 0.25) is 10.0 Å². The molecule has 3 aromatic rings. The average Bonchev–Trinajstić information content (AvgIpc) is 2.95. The van der Waals surface area contributed by atoms with Crippen molar-refractivity contribution in [3.63, 3.8) is 0 Å². The number of aliphatic hydroxyl groups excluding tert-OH is 1. The van der Waals surface area contributed by atoms with Crippen LogP contribution in [0.5, 0.6) is 5.75 Å².